The number of likely N-dealkylation sites (N-methyl/N-ethyl adjacent to an activating group) is 1. The zero-order valence-electron chi connectivity index (χ0n) is 9.86. The maximum Gasteiger partial charge on any atom is 0.0965 e. The van der Waals surface area contributed by atoms with Gasteiger partial charge < -0.3 is 14.8 Å². The quantitative estimate of drug-likeness (QED) is 0.913. The minimum absolute atomic E-state index is 0.118. The molecule has 94 valence electrons. The van der Waals surface area contributed by atoms with Crippen LogP contribution < -0.4 is 5.32 Å². The lowest BCUT2D eigenvalue weighted by molar-refractivity contribution is -0.100. The van der Waals surface area contributed by atoms with Crippen molar-refractivity contribution in [2.75, 3.05) is 26.9 Å². The zero-order chi connectivity index (χ0) is 12.1. The molecule has 1 saturated heterocycles. The first kappa shape index (κ1) is 13.0. The van der Waals surface area contributed by atoms with Crippen molar-refractivity contribution in [3.63, 3.8) is 0 Å². The zero-order valence-corrected chi connectivity index (χ0v) is 11.4. The molecule has 0 aliphatic carbocycles. The standard InChI is InChI=1S/C12H17BrN2O2/c1-14-11(12-8-16-2-3-17-12)5-9-4-10(13)7-15-6-9/h4,6-7,11-12,14H,2-3,5,8H2,1H3. The number of rotatable bonds is 4. The first-order chi connectivity index (χ1) is 8.29. The second-order valence-electron chi connectivity index (χ2n) is 4.09. The monoisotopic (exact) mass is 300 g/mol. The first-order valence-corrected chi connectivity index (χ1v) is 6.55. The SMILES string of the molecule is CNC(Cc1cncc(Br)c1)C1COCCO1. The highest BCUT2D eigenvalue weighted by Crippen LogP contribution is 2.14. The summed E-state index contributed by atoms with van der Waals surface area (Å²) in [4.78, 5) is 4.17. The fourth-order valence-corrected chi connectivity index (χ4v) is 2.39. The van der Waals surface area contributed by atoms with E-state index in [4.69, 9.17) is 9.47 Å². The first-order valence-electron chi connectivity index (χ1n) is 5.75. The molecule has 1 aliphatic rings. The largest absolute Gasteiger partial charge is 0.376 e. The van der Waals surface area contributed by atoms with Crippen LogP contribution in [0.4, 0.5) is 0 Å². The van der Waals surface area contributed by atoms with Crippen molar-refractivity contribution in [2.24, 2.45) is 0 Å². The Kier molecular flexibility index (Phi) is 4.91. The molecule has 0 bridgehead atoms. The van der Waals surface area contributed by atoms with E-state index in [1.807, 2.05) is 13.2 Å². The second kappa shape index (κ2) is 6.44. The highest BCUT2D eigenvalue weighted by molar-refractivity contribution is 9.10. The van der Waals surface area contributed by atoms with Crippen LogP contribution in [0.25, 0.3) is 0 Å². The summed E-state index contributed by atoms with van der Waals surface area (Å²) < 4.78 is 12.2. The minimum Gasteiger partial charge on any atom is -0.376 e. The van der Waals surface area contributed by atoms with E-state index in [-0.39, 0.29) is 12.1 Å². The Hall–Kier alpha value is -0.490. The van der Waals surface area contributed by atoms with Gasteiger partial charge in [-0.15, -0.1) is 0 Å². The van der Waals surface area contributed by atoms with Gasteiger partial charge in [0, 0.05) is 22.9 Å². The van der Waals surface area contributed by atoms with Crippen LogP contribution in [0, 0.1) is 0 Å². The number of nitrogens with zero attached hydrogens (tertiary/aromatic N) is 1. The van der Waals surface area contributed by atoms with E-state index >= 15 is 0 Å². The van der Waals surface area contributed by atoms with Gasteiger partial charge in [-0.25, -0.2) is 0 Å². The van der Waals surface area contributed by atoms with Gasteiger partial charge in [0.1, 0.15) is 0 Å². The third-order valence-electron chi connectivity index (χ3n) is 2.88. The van der Waals surface area contributed by atoms with Crippen LogP contribution in [0.1, 0.15) is 5.56 Å². The van der Waals surface area contributed by atoms with Gasteiger partial charge in [0.2, 0.25) is 0 Å². The Labute approximate surface area is 110 Å². The average molecular weight is 301 g/mol. The molecule has 1 aromatic heterocycles. The number of nitrogens with one attached hydrogen (secondary N) is 1. The molecule has 5 heteroatoms. The molecule has 17 heavy (non-hydrogen) atoms. The summed E-state index contributed by atoms with van der Waals surface area (Å²) in [5, 5.41) is 3.29. The van der Waals surface area contributed by atoms with Crippen LogP contribution >= 0.6 is 15.9 Å². The Morgan fingerprint density at radius 1 is 1.53 bits per heavy atom. The number of halogens is 1. The molecule has 0 saturated carbocycles. The van der Waals surface area contributed by atoms with Crippen LogP contribution in [0.15, 0.2) is 22.9 Å². The van der Waals surface area contributed by atoms with E-state index in [1.165, 1.54) is 5.56 Å². The third kappa shape index (κ3) is 3.74. The van der Waals surface area contributed by atoms with Gasteiger partial charge in [-0.3, -0.25) is 4.98 Å². The molecule has 0 radical (unpaired) electrons. The van der Waals surface area contributed by atoms with Crippen LogP contribution in [-0.2, 0) is 15.9 Å². The molecule has 4 nitrogen and oxygen atoms in total. The minimum atomic E-state index is 0.118. The summed E-state index contributed by atoms with van der Waals surface area (Å²) in [6.07, 6.45) is 4.68. The van der Waals surface area contributed by atoms with Crippen molar-refractivity contribution < 1.29 is 9.47 Å². The van der Waals surface area contributed by atoms with Gasteiger partial charge in [0.05, 0.1) is 25.9 Å². The molecule has 0 spiro atoms. The third-order valence-corrected chi connectivity index (χ3v) is 3.31. The van der Waals surface area contributed by atoms with E-state index in [0.717, 1.165) is 10.9 Å². The molecule has 1 N–H and O–H groups in total. The van der Waals surface area contributed by atoms with Crippen molar-refractivity contribution in [3.8, 4) is 0 Å². The molecule has 1 fully saturated rings. The lowest BCUT2D eigenvalue weighted by Gasteiger charge is -2.30. The van der Waals surface area contributed by atoms with Crippen LogP contribution in [-0.4, -0.2) is 44.0 Å². The van der Waals surface area contributed by atoms with Gasteiger partial charge in [0.15, 0.2) is 0 Å². The van der Waals surface area contributed by atoms with Crippen LogP contribution in [0.2, 0.25) is 0 Å². The lowest BCUT2D eigenvalue weighted by atomic mass is 10.0. The predicted molar refractivity (Wildman–Crippen MR) is 69.0 cm³/mol. The maximum atomic E-state index is 5.71. The molecule has 1 aromatic rings. The number of pyridine rings is 1. The van der Waals surface area contributed by atoms with Gasteiger partial charge >= 0.3 is 0 Å². The summed E-state index contributed by atoms with van der Waals surface area (Å²) in [6.45, 7) is 2.04. The highest BCUT2D eigenvalue weighted by atomic mass is 79.9. The molecule has 2 heterocycles. The number of hydrogen-bond acceptors (Lipinski definition) is 4. The van der Waals surface area contributed by atoms with Crippen molar-refractivity contribution in [2.45, 2.75) is 18.6 Å². The van der Waals surface area contributed by atoms with Crippen molar-refractivity contribution in [1.82, 2.24) is 10.3 Å². The van der Waals surface area contributed by atoms with Crippen molar-refractivity contribution in [1.29, 1.82) is 0 Å². The van der Waals surface area contributed by atoms with Crippen LogP contribution in [0.5, 0.6) is 0 Å². The number of hydrogen-bond donors (Lipinski definition) is 1. The summed E-state index contributed by atoms with van der Waals surface area (Å²) >= 11 is 3.43. The predicted octanol–water partition coefficient (Wildman–Crippen LogP) is 1.39. The number of aromatic nitrogens is 1. The van der Waals surface area contributed by atoms with Crippen molar-refractivity contribution >= 4 is 15.9 Å². The van der Waals surface area contributed by atoms with E-state index in [0.29, 0.717) is 19.8 Å². The van der Waals surface area contributed by atoms with Gasteiger partial charge in [-0.2, -0.15) is 0 Å². The summed E-state index contributed by atoms with van der Waals surface area (Å²) in [7, 11) is 1.95. The van der Waals surface area contributed by atoms with Gasteiger partial charge in [0.25, 0.3) is 0 Å². The van der Waals surface area contributed by atoms with Gasteiger partial charge in [-0.05, 0) is 41.0 Å². The molecule has 0 aromatic carbocycles. The van der Waals surface area contributed by atoms with E-state index in [9.17, 15) is 0 Å². The van der Waals surface area contributed by atoms with E-state index in [1.54, 1.807) is 6.20 Å². The Morgan fingerprint density at radius 3 is 3.06 bits per heavy atom. The Morgan fingerprint density at radius 2 is 2.41 bits per heavy atom. The summed E-state index contributed by atoms with van der Waals surface area (Å²) in [6, 6.07) is 2.34. The molecule has 2 rings (SSSR count). The highest BCUT2D eigenvalue weighted by Gasteiger charge is 2.24. The second-order valence-corrected chi connectivity index (χ2v) is 5.01. The fourth-order valence-electron chi connectivity index (χ4n) is 1.98. The topological polar surface area (TPSA) is 43.4 Å². The molecule has 1 aliphatic heterocycles. The number of ether oxygens (including phenoxy) is 2. The van der Waals surface area contributed by atoms with Crippen LogP contribution in [0.3, 0.4) is 0 Å². The smallest absolute Gasteiger partial charge is 0.0965 e. The molecule has 2 atom stereocenters. The fraction of sp³-hybridized carbons (Fsp3) is 0.583. The van der Waals surface area contributed by atoms with Crippen molar-refractivity contribution in [3.05, 3.63) is 28.5 Å². The van der Waals surface area contributed by atoms with E-state index < -0.39 is 0 Å². The Bertz CT molecular complexity index is 356. The summed E-state index contributed by atoms with van der Waals surface area (Å²) in [5.41, 5.74) is 1.19. The maximum absolute atomic E-state index is 5.71. The normalized spacial score (nSPS) is 22.4. The Balaban J connectivity index is 1.98. The molecular weight excluding hydrogens is 284 g/mol. The molecule has 2 unspecified atom stereocenters. The molecule has 0 amide bonds. The average Bonchev–Trinajstić information content (AvgIpc) is 2.37. The van der Waals surface area contributed by atoms with Gasteiger partial charge in [-0.1, -0.05) is 0 Å². The summed E-state index contributed by atoms with van der Waals surface area (Å²) in [5.74, 6) is 0. The lowest BCUT2D eigenvalue weighted by Crippen LogP contribution is -2.46. The molecular formula is C12H17BrN2O2. The van der Waals surface area contributed by atoms with E-state index in [2.05, 4.69) is 32.3 Å².